The van der Waals surface area contributed by atoms with Crippen LogP contribution in [0, 0.1) is 11.8 Å². The fraction of sp³-hybridized carbons (Fsp3) is 0.639. The van der Waals surface area contributed by atoms with Crippen molar-refractivity contribution in [2.75, 3.05) is 53.1 Å². The van der Waals surface area contributed by atoms with Crippen LogP contribution in [0.25, 0.3) is 0 Å². The number of hydrogen-bond acceptors (Lipinski definition) is 17. The quantitative estimate of drug-likeness (QED) is 0.0157. The van der Waals surface area contributed by atoms with Gasteiger partial charge in [-0.25, -0.2) is 9.59 Å². The highest BCUT2D eigenvalue weighted by Gasteiger charge is 2.58. The zero-order valence-corrected chi connectivity index (χ0v) is 31.2. The molecule has 56 heavy (non-hydrogen) atoms. The van der Waals surface area contributed by atoms with Crippen LogP contribution in [-0.4, -0.2) is 166 Å². The normalized spacial score (nSPS) is 29.1. The SMILES string of the molecule is C=CC1C(OC2OC(CO)C(O)C(O)(O)C2OC(CO)NC)OC=C(C(=O)OC2CCCC2)C1C=CC1=C(NC(N)=NCCCO)C(C(=O)O)=CN(CCO)C1. The molecule has 0 aromatic carbocycles. The number of aliphatic hydroxyl groups excluding tert-OH is 5. The number of nitrogens with zero attached hydrogens (tertiary/aromatic N) is 2. The molecule has 0 bridgehead atoms. The average molecular weight is 798 g/mol. The van der Waals surface area contributed by atoms with Gasteiger partial charge >= 0.3 is 11.9 Å². The van der Waals surface area contributed by atoms with Crippen molar-refractivity contribution < 1.29 is 74.1 Å². The summed E-state index contributed by atoms with van der Waals surface area (Å²) in [6.45, 7) is 2.36. The maximum absolute atomic E-state index is 13.8. The van der Waals surface area contributed by atoms with Gasteiger partial charge in [0.25, 0.3) is 0 Å². The minimum absolute atomic E-state index is 0.0466. The third-order valence-corrected chi connectivity index (χ3v) is 9.76. The van der Waals surface area contributed by atoms with Crippen LogP contribution >= 0.6 is 0 Å². The van der Waals surface area contributed by atoms with E-state index in [9.17, 15) is 45.3 Å². The number of rotatable bonds is 19. The van der Waals surface area contributed by atoms with Gasteiger partial charge in [0.2, 0.25) is 12.1 Å². The molecule has 314 valence electrons. The number of esters is 1. The van der Waals surface area contributed by atoms with E-state index in [1.54, 1.807) is 17.1 Å². The number of β-amino-alcohol motifs (C(OH)–C–C–N with tert-alkyl or cyclic N) is 1. The zero-order valence-electron chi connectivity index (χ0n) is 31.2. The Hall–Kier alpha value is -3.93. The summed E-state index contributed by atoms with van der Waals surface area (Å²) >= 11 is 0. The summed E-state index contributed by atoms with van der Waals surface area (Å²) in [4.78, 5) is 32.0. The molecule has 12 N–H and O–H groups in total. The second-order valence-electron chi connectivity index (χ2n) is 13.6. The first-order valence-electron chi connectivity index (χ1n) is 18.4. The van der Waals surface area contributed by atoms with E-state index in [0.717, 1.165) is 19.1 Å². The van der Waals surface area contributed by atoms with E-state index >= 15 is 0 Å². The van der Waals surface area contributed by atoms with Crippen LogP contribution in [0.2, 0.25) is 0 Å². The number of carboxylic acids is 1. The number of carboxylic acid groups (broad SMARTS) is 1. The molecule has 4 aliphatic rings. The van der Waals surface area contributed by atoms with E-state index < -0.39 is 79.9 Å². The maximum atomic E-state index is 13.8. The molecular weight excluding hydrogens is 742 g/mol. The Morgan fingerprint density at radius 3 is 2.52 bits per heavy atom. The molecule has 1 saturated heterocycles. The molecule has 0 aromatic heterocycles. The van der Waals surface area contributed by atoms with Crippen LogP contribution in [0.4, 0.5) is 0 Å². The number of hydrogen-bond donors (Lipinski definition) is 11. The van der Waals surface area contributed by atoms with E-state index in [2.05, 4.69) is 22.2 Å². The Labute approximate surface area is 323 Å². The number of carbonyl (C=O) groups is 2. The fourth-order valence-corrected chi connectivity index (χ4v) is 6.73. The van der Waals surface area contributed by atoms with Gasteiger partial charge in [-0.15, -0.1) is 6.58 Å². The number of carbonyl (C=O) groups excluding carboxylic acids is 1. The molecule has 1 aliphatic carbocycles. The standard InChI is InChI=1S/C36H55N5O15/c1-3-22-23(10-9-20-15-41(12-14-43)16-24(31(47)48)28(20)40-35(37)39-11-6-13-42)25(32(49)53-21-7-4-5-8-21)19-52-33(22)56-34-30(55-27(18-45)38-2)36(50,51)29(46)26(17-44)54-34/h3,9-10,16,19,21-23,26-27,29-30,33-34,38,42-46,50-51H,1,4-8,11-15,17-18H2,2H3,(H,47,48)(H3,37,39,40). The Balaban J connectivity index is 1.77. The van der Waals surface area contributed by atoms with Gasteiger partial charge in [0.15, 0.2) is 18.4 Å². The summed E-state index contributed by atoms with van der Waals surface area (Å²) in [5, 5.41) is 86.8. The van der Waals surface area contributed by atoms with E-state index in [-0.39, 0.29) is 61.8 Å². The largest absolute Gasteiger partial charge is 0.478 e. The van der Waals surface area contributed by atoms with Gasteiger partial charge in [-0.3, -0.25) is 10.3 Å². The number of aliphatic hydroxyl groups is 7. The molecule has 8 unspecified atom stereocenters. The van der Waals surface area contributed by atoms with Crippen LogP contribution in [0.15, 0.2) is 64.7 Å². The van der Waals surface area contributed by atoms with Crippen molar-refractivity contribution in [2.24, 2.45) is 22.6 Å². The number of guanidine groups is 1. The highest BCUT2D eigenvalue weighted by molar-refractivity contribution is 5.95. The number of likely N-dealkylation sites (N-methyl/N-ethyl adjacent to an activating group) is 1. The molecular formula is C36H55N5O15. The van der Waals surface area contributed by atoms with Crippen LogP contribution in [-0.2, 0) is 33.3 Å². The molecule has 8 atom stereocenters. The number of aliphatic imine (C=N–C) groups is 1. The Kier molecular flexibility index (Phi) is 16.8. The topological polar surface area (TPSA) is 308 Å². The summed E-state index contributed by atoms with van der Waals surface area (Å²) in [6.07, 6.45) is 0.304. The third-order valence-electron chi connectivity index (χ3n) is 9.76. The van der Waals surface area contributed by atoms with Crippen LogP contribution < -0.4 is 16.4 Å². The first-order chi connectivity index (χ1) is 26.8. The Morgan fingerprint density at radius 2 is 1.91 bits per heavy atom. The Morgan fingerprint density at radius 1 is 1.18 bits per heavy atom. The van der Waals surface area contributed by atoms with Crippen molar-refractivity contribution in [3.63, 3.8) is 0 Å². The summed E-state index contributed by atoms with van der Waals surface area (Å²) in [7, 11) is 1.43. The predicted octanol–water partition coefficient (Wildman–Crippen LogP) is -2.80. The van der Waals surface area contributed by atoms with E-state index in [0.29, 0.717) is 24.8 Å². The molecule has 4 rings (SSSR count). The average Bonchev–Trinajstić information content (AvgIpc) is 3.69. The molecule has 2 fully saturated rings. The van der Waals surface area contributed by atoms with Crippen molar-refractivity contribution >= 4 is 17.9 Å². The van der Waals surface area contributed by atoms with Gasteiger partial charge < -0.3 is 80.5 Å². The maximum Gasteiger partial charge on any atom is 0.339 e. The van der Waals surface area contributed by atoms with Gasteiger partial charge in [-0.1, -0.05) is 18.2 Å². The lowest BCUT2D eigenvalue weighted by molar-refractivity contribution is -0.416. The predicted molar refractivity (Wildman–Crippen MR) is 195 cm³/mol. The Bertz CT molecular complexity index is 1510. The fourth-order valence-electron chi connectivity index (χ4n) is 6.73. The zero-order chi connectivity index (χ0) is 41.0. The first-order valence-corrected chi connectivity index (χ1v) is 18.4. The summed E-state index contributed by atoms with van der Waals surface area (Å²) in [5.74, 6) is -7.11. The number of ether oxygens (including phenoxy) is 5. The molecule has 1 saturated carbocycles. The molecule has 3 aliphatic heterocycles. The second kappa shape index (κ2) is 21.0. The van der Waals surface area contributed by atoms with Crippen LogP contribution in [0.5, 0.6) is 0 Å². The molecule has 0 spiro atoms. The smallest absolute Gasteiger partial charge is 0.339 e. The van der Waals surface area contributed by atoms with E-state index in [1.165, 1.54) is 19.3 Å². The van der Waals surface area contributed by atoms with Crippen molar-refractivity contribution in [2.45, 2.75) is 81.1 Å². The monoisotopic (exact) mass is 797 g/mol. The highest BCUT2D eigenvalue weighted by Crippen LogP contribution is 2.39. The molecule has 20 nitrogen and oxygen atoms in total. The van der Waals surface area contributed by atoms with Crippen LogP contribution in [0.1, 0.15) is 32.1 Å². The van der Waals surface area contributed by atoms with Gasteiger partial charge in [0, 0.05) is 38.4 Å². The second-order valence-corrected chi connectivity index (χ2v) is 13.6. The van der Waals surface area contributed by atoms with Gasteiger partial charge in [0.1, 0.15) is 24.5 Å². The number of aliphatic carboxylic acids is 1. The van der Waals surface area contributed by atoms with Crippen molar-refractivity contribution in [1.82, 2.24) is 15.5 Å². The molecule has 0 radical (unpaired) electrons. The summed E-state index contributed by atoms with van der Waals surface area (Å²) in [6, 6.07) is 0. The molecule has 3 heterocycles. The highest BCUT2D eigenvalue weighted by atomic mass is 16.8. The lowest BCUT2D eigenvalue weighted by Gasteiger charge is -2.48. The number of nitrogens with two attached hydrogens (primary N) is 1. The summed E-state index contributed by atoms with van der Waals surface area (Å²) in [5.41, 5.74) is 6.39. The van der Waals surface area contributed by atoms with Gasteiger partial charge in [0.05, 0.1) is 48.8 Å². The van der Waals surface area contributed by atoms with E-state index in [4.69, 9.17) is 34.5 Å². The van der Waals surface area contributed by atoms with Crippen molar-refractivity contribution in [3.05, 3.63) is 59.7 Å². The summed E-state index contributed by atoms with van der Waals surface area (Å²) < 4.78 is 29.3. The van der Waals surface area contributed by atoms with Crippen molar-refractivity contribution in [3.8, 4) is 0 Å². The van der Waals surface area contributed by atoms with Gasteiger partial charge in [-0.2, -0.15) is 0 Å². The minimum Gasteiger partial charge on any atom is -0.478 e. The first kappa shape index (κ1) is 44.8. The molecule has 0 amide bonds. The number of nitrogens with one attached hydrogen (secondary N) is 2. The third kappa shape index (κ3) is 10.9. The number of allylic oxidation sites excluding steroid dienone is 1. The van der Waals surface area contributed by atoms with Crippen LogP contribution in [0.3, 0.4) is 0 Å². The van der Waals surface area contributed by atoms with Crippen molar-refractivity contribution in [1.29, 1.82) is 0 Å². The molecule has 0 aromatic rings. The minimum atomic E-state index is -3.07. The molecule has 20 heteroatoms. The lowest BCUT2D eigenvalue weighted by Crippen LogP contribution is -2.69. The van der Waals surface area contributed by atoms with E-state index in [1.807, 2.05) is 0 Å². The lowest BCUT2D eigenvalue weighted by atomic mass is 9.83. The van der Waals surface area contributed by atoms with Gasteiger partial charge in [-0.05, 0) is 44.7 Å².